The highest BCUT2D eigenvalue weighted by atomic mass is 35.5. The molecule has 4 heterocycles. The molecule has 0 aliphatic carbocycles. The van der Waals surface area contributed by atoms with Crippen LogP contribution in [-0.2, 0) is 26.7 Å². The van der Waals surface area contributed by atoms with Crippen molar-refractivity contribution in [3.63, 3.8) is 0 Å². The van der Waals surface area contributed by atoms with Crippen molar-refractivity contribution in [2.75, 3.05) is 18.1 Å². The first-order chi connectivity index (χ1) is 25.4. The third kappa shape index (κ3) is 5.99. The van der Waals surface area contributed by atoms with Crippen molar-refractivity contribution in [2.45, 2.75) is 59.7 Å². The Labute approximate surface area is 319 Å². The van der Waals surface area contributed by atoms with Crippen LogP contribution in [0.5, 0.6) is 5.75 Å². The van der Waals surface area contributed by atoms with E-state index in [9.17, 15) is 23.1 Å². The molecule has 0 saturated heterocycles. The molecule has 1 aliphatic heterocycles. The van der Waals surface area contributed by atoms with Crippen LogP contribution in [0.3, 0.4) is 0 Å². The second-order valence-electron chi connectivity index (χ2n) is 14.1. The van der Waals surface area contributed by atoms with Gasteiger partial charge in [0, 0.05) is 59.3 Å². The molecule has 1 amide bonds. The summed E-state index contributed by atoms with van der Waals surface area (Å²) in [6.45, 7) is 9.99. The van der Waals surface area contributed by atoms with E-state index in [4.69, 9.17) is 27.9 Å². The molecule has 54 heavy (non-hydrogen) atoms. The maximum Gasteiger partial charge on any atom is 0.431 e. The molecule has 0 radical (unpaired) electrons. The van der Waals surface area contributed by atoms with Crippen molar-refractivity contribution in [3.8, 4) is 16.9 Å². The average molecular weight is 781 g/mol. The van der Waals surface area contributed by atoms with Crippen molar-refractivity contribution in [3.05, 3.63) is 97.5 Å². The van der Waals surface area contributed by atoms with Gasteiger partial charge in [0.2, 0.25) is 0 Å². The van der Waals surface area contributed by atoms with Crippen LogP contribution in [0.15, 0.2) is 42.5 Å². The van der Waals surface area contributed by atoms with Crippen molar-refractivity contribution in [2.24, 2.45) is 14.1 Å². The van der Waals surface area contributed by atoms with Crippen molar-refractivity contribution < 1.29 is 32.6 Å². The third-order valence-electron chi connectivity index (χ3n) is 10.5. The first-order valence-electron chi connectivity index (χ1n) is 17.4. The lowest BCUT2D eigenvalue weighted by molar-refractivity contribution is -0.142. The van der Waals surface area contributed by atoms with Crippen LogP contribution in [0.4, 0.5) is 18.9 Å². The molecule has 3 aromatic heterocycles. The highest BCUT2D eigenvalue weighted by Gasteiger charge is 2.39. The molecule has 0 spiro atoms. The van der Waals surface area contributed by atoms with Crippen molar-refractivity contribution in [1.82, 2.24) is 18.9 Å². The fourth-order valence-corrected chi connectivity index (χ4v) is 8.32. The van der Waals surface area contributed by atoms with Gasteiger partial charge in [-0.2, -0.15) is 18.3 Å². The number of alkyl halides is 3. The van der Waals surface area contributed by atoms with E-state index in [0.29, 0.717) is 40.9 Å². The zero-order valence-corrected chi connectivity index (χ0v) is 32.3. The molecule has 1 atom stereocenters. The van der Waals surface area contributed by atoms with Gasteiger partial charge < -0.3 is 23.9 Å². The Balaban J connectivity index is 1.41. The zero-order chi connectivity index (χ0) is 39.1. The van der Waals surface area contributed by atoms with Crippen molar-refractivity contribution in [1.29, 1.82) is 0 Å². The SMILES string of the molecule is Cc1cc(OCCCc2c3n(c4c(-c5c(C)nn(C)c5C)c(Cl)ccc24)[C@H](C)CN(c2cc(C(=O)O)cc4c2cc(C(F)(F)F)n4C)C3=O)cc(C)c1Cl. The number of fused-ring (bicyclic) bond motifs is 4. The molecule has 1 aliphatic rings. The quantitative estimate of drug-likeness (QED) is 0.155. The molecule has 1 N–H and O–H groups in total. The summed E-state index contributed by atoms with van der Waals surface area (Å²) < 4.78 is 53.3. The predicted octanol–water partition coefficient (Wildman–Crippen LogP) is 10.0. The number of carboxylic acid groups (broad SMARTS) is 1. The van der Waals surface area contributed by atoms with Crippen LogP contribution < -0.4 is 9.64 Å². The van der Waals surface area contributed by atoms with Crippen LogP contribution in [0.2, 0.25) is 10.0 Å². The lowest BCUT2D eigenvalue weighted by Crippen LogP contribution is -2.43. The van der Waals surface area contributed by atoms with Gasteiger partial charge in [-0.05, 0) is 101 Å². The minimum atomic E-state index is -4.71. The summed E-state index contributed by atoms with van der Waals surface area (Å²) >= 11 is 13.4. The van der Waals surface area contributed by atoms with Gasteiger partial charge in [0.05, 0.1) is 39.6 Å². The summed E-state index contributed by atoms with van der Waals surface area (Å²) in [4.78, 5) is 28.7. The number of nitrogens with zero attached hydrogens (tertiary/aromatic N) is 5. The maximum atomic E-state index is 15.0. The van der Waals surface area contributed by atoms with Crippen LogP contribution >= 0.6 is 23.2 Å². The summed E-state index contributed by atoms with van der Waals surface area (Å²) in [5.74, 6) is -1.12. The molecule has 14 heteroatoms. The molecule has 0 saturated carbocycles. The van der Waals surface area contributed by atoms with Crippen LogP contribution in [-0.4, -0.2) is 49.0 Å². The normalized spacial score (nSPS) is 14.8. The Bertz CT molecular complexity index is 2530. The Kier molecular flexibility index (Phi) is 9.29. The lowest BCUT2D eigenvalue weighted by Gasteiger charge is -2.35. The average Bonchev–Trinajstić information content (AvgIpc) is 3.71. The van der Waals surface area contributed by atoms with Gasteiger partial charge in [0.25, 0.3) is 5.91 Å². The lowest BCUT2D eigenvalue weighted by atomic mass is 9.98. The number of aromatic nitrogens is 4. The molecule has 9 nitrogen and oxygen atoms in total. The maximum absolute atomic E-state index is 15.0. The predicted molar refractivity (Wildman–Crippen MR) is 205 cm³/mol. The second-order valence-corrected chi connectivity index (χ2v) is 14.9. The number of carbonyl (C=O) groups excluding carboxylic acids is 1. The molecule has 0 bridgehead atoms. The Hall–Kier alpha value is -4.94. The topological polar surface area (TPSA) is 94.5 Å². The second kappa shape index (κ2) is 13.4. The minimum absolute atomic E-state index is 0.0467. The standard InChI is InChI=1S/C40H38Cl2F3N5O4/c1-19-13-25(14-20(2)35(19)42)54-12-8-9-26-27-10-11-29(41)34(33-22(4)46-48(7)23(33)5)36(27)50-21(3)18-49(38(51)37(26)50)31-16-24(39(52)53)15-30-28(31)17-32(47(30)6)40(43,44)45/h10-11,13-17,21H,8-9,12,18H2,1-7H3,(H,52,53)/t21-/m1/s1. The number of benzene rings is 3. The molecular weight excluding hydrogens is 742 g/mol. The molecule has 0 fully saturated rings. The summed E-state index contributed by atoms with van der Waals surface area (Å²) in [6, 6.07) is 10.5. The number of aryl methyl sites for hydroxylation is 6. The van der Waals surface area contributed by atoms with E-state index in [-0.39, 0.29) is 28.7 Å². The van der Waals surface area contributed by atoms with Crippen LogP contribution in [0.1, 0.15) is 74.0 Å². The summed E-state index contributed by atoms with van der Waals surface area (Å²) in [6.07, 6.45) is -3.78. The Morgan fingerprint density at radius 3 is 2.30 bits per heavy atom. The summed E-state index contributed by atoms with van der Waals surface area (Å²) in [5, 5.41) is 16.7. The number of rotatable bonds is 8. The fraction of sp³-hybridized carbons (Fsp3) is 0.325. The molecule has 0 unspecified atom stereocenters. The zero-order valence-electron chi connectivity index (χ0n) is 30.7. The van der Waals surface area contributed by atoms with E-state index >= 15 is 4.79 Å². The number of carboxylic acids is 1. The number of hydrogen-bond acceptors (Lipinski definition) is 4. The number of carbonyl (C=O) groups is 2. The van der Waals surface area contributed by atoms with Gasteiger partial charge in [0.15, 0.2) is 0 Å². The van der Waals surface area contributed by atoms with Crippen LogP contribution in [0, 0.1) is 27.7 Å². The largest absolute Gasteiger partial charge is 0.494 e. The number of aromatic carboxylic acids is 1. The Morgan fingerprint density at radius 1 is 1.00 bits per heavy atom. The number of halogens is 5. The summed E-state index contributed by atoms with van der Waals surface area (Å²) in [5.41, 5.74) is 5.78. The first-order valence-corrected chi connectivity index (χ1v) is 18.2. The highest BCUT2D eigenvalue weighted by Crippen LogP contribution is 2.46. The smallest absolute Gasteiger partial charge is 0.431 e. The van der Waals surface area contributed by atoms with Gasteiger partial charge in [-0.15, -0.1) is 0 Å². The van der Waals surface area contributed by atoms with Gasteiger partial charge in [0.1, 0.15) is 17.1 Å². The number of anilines is 1. The monoisotopic (exact) mass is 779 g/mol. The third-order valence-corrected chi connectivity index (χ3v) is 11.4. The number of hydrogen-bond donors (Lipinski definition) is 1. The molecule has 7 rings (SSSR count). The number of amides is 1. The number of ether oxygens (including phenoxy) is 1. The molecular formula is C40H38Cl2F3N5O4. The van der Waals surface area contributed by atoms with Crippen molar-refractivity contribution >= 4 is 62.6 Å². The highest BCUT2D eigenvalue weighted by molar-refractivity contribution is 6.35. The van der Waals surface area contributed by atoms with Gasteiger partial charge >= 0.3 is 12.1 Å². The Morgan fingerprint density at radius 2 is 1.69 bits per heavy atom. The van der Waals surface area contributed by atoms with E-state index < -0.39 is 29.8 Å². The molecule has 282 valence electrons. The fourth-order valence-electron chi connectivity index (χ4n) is 7.97. The van der Waals surface area contributed by atoms with E-state index in [0.717, 1.165) is 60.7 Å². The van der Waals surface area contributed by atoms with Crippen LogP contribution in [0.25, 0.3) is 32.9 Å². The minimum Gasteiger partial charge on any atom is -0.494 e. The van der Waals surface area contributed by atoms with E-state index in [1.165, 1.54) is 24.1 Å². The first kappa shape index (κ1) is 37.4. The van der Waals surface area contributed by atoms with E-state index in [1.807, 2.05) is 70.5 Å². The van der Waals surface area contributed by atoms with Gasteiger partial charge in [-0.1, -0.05) is 29.3 Å². The van der Waals surface area contributed by atoms with Gasteiger partial charge in [-0.25, -0.2) is 4.79 Å². The van der Waals surface area contributed by atoms with E-state index in [1.54, 1.807) is 4.68 Å². The summed E-state index contributed by atoms with van der Waals surface area (Å²) in [7, 11) is 3.09. The molecule has 6 aromatic rings. The molecule has 3 aromatic carbocycles. The van der Waals surface area contributed by atoms with Gasteiger partial charge in [-0.3, -0.25) is 9.48 Å². The van der Waals surface area contributed by atoms with E-state index in [2.05, 4.69) is 5.10 Å².